The average molecular weight is 372 g/mol. The van der Waals surface area contributed by atoms with Crippen molar-refractivity contribution in [2.24, 2.45) is 0 Å². The van der Waals surface area contributed by atoms with Crippen molar-refractivity contribution in [2.75, 3.05) is 13.2 Å². The SMILES string of the molecule is O=C(c1cc2c(cc1Br)OCCO2)c1cccc(F)c1Cl. The first-order valence-corrected chi connectivity index (χ1v) is 7.33. The van der Waals surface area contributed by atoms with E-state index in [-0.39, 0.29) is 16.4 Å². The van der Waals surface area contributed by atoms with Crippen LogP contribution < -0.4 is 9.47 Å². The number of hydrogen-bond donors (Lipinski definition) is 0. The Labute approximate surface area is 133 Å². The minimum atomic E-state index is -0.629. The molecule has 3 nitrogen and oxygen atoms in total. The lowest BCUT2D eigenvalue weighted by atomic mass is 10.0. The molecule has 2 aromatic rings. The highest BCUT2D eigenvalue weighted by Gasteiger charge is 2.22. The molecule has 6 heteroatoms. The second-order valence-corrected chi connectivity index (χ2v) is 5.64. The number of carbonyl (C=O) groups is 1. The van der Waals surface area contributed by atoms with Gasteiger partial charge in [0.1, 0.15) is 19.0 Å². The predicted molar refractivity (Wildman–Crippen MR) is 80.0 cm³/mol. The summed E-state index contributed by atoms with van der Waals surface area (Å²) in [4.78, 5) is 12.5. The van der Waals surface area contributed by atoms with E-state index in [0.29, 0.717) is 34.7 Å². The van der Waals surface area contributed by atoms with E-state index in [4.69, 9.17) is 21.1 Å². The molecule has 0 radical (unpaired) electrons. The quantitative estimate of drug-likeness (QED) is 0.741. The van der Waals surface area contributed by atoms with Gasteiger partial charge in [0, 0.05) is 15.6 Å². The normalized spacial score (nSPS) is 13.1. The van der Waals surface area contributed by atoms with Crippen molar-refractivity contribution < 1.29 is 18.7 Å². The number of halogens is 3. The second kappa shape index (κ2) is 5.66. The van der Waals surface area contributed by atoms with Gasteiger partial charge in [0.15, 0.2) is 17.3 Å². The Balaban J connectivity index is 2.07. The molecule has 0 atom stereocenters. The van der Waals surface area contributed by atoms with Gasteiger partial charge in [-0.3, -0.25) is 4.79 Å². The molecule has 3 rings (SSSR count). The summed E-state index contributed by atoms with van der Waals surface area (Å²) in [6, 6.07) is 7.37. The fraction of sp³-hybridized carbons (Fsp3) is 0.133. The van der Waals surface area contributed by atoms with Crippen LogP contribution >= 0.6 is 27.5 Å². The van der Waals surface area contributed by atoms with E-state index in [9.17, 15) is 9.18 Å². The highest BCUT2D eigenvalue weighted by atomic mass is 79.9. The molecule has 1 aliphatic rings. The van der Waals surface area contributed by atoms with Gasteiger partial charge in [-0.05, 0) is 40.2 Å². The number of ketones is 1. The molecule has 2 aromatic carbocycles. The smallest absolute Gasteiger partial charge is 0.195 e. The lowest BCUT2D eigenvalue weighted by Crippen LogP contribution is -2.16. The van der Waals surface area contributed by atoms with Gasteiger partial charge in [0.2, 0.25) is 0 Å². The second-order valence-electron chi connectivity index (χ2n) is 4.41. The monoisotopic (exact) mass is 370 g/mol. The summed E-state index contributed by atoms with van der Waals surface area (Å²) >= 11 is 9.19. The van der Waals surface area contributed by atoms with Gasteiger partial charge >= 0.3 is 0 Å². The van der Waals surface area contributed by atoms with E-state index in [0.717, 1.165) is 0 Å². The Morgan fingerprint density at radius 2 is 1.81 bits per heavy atom. The summed E-state index contributed by atoms with van der Waals surface area (Å²) in [5.74, 6) is 0.0369. The minimum absolute atomic E-state index is 0.106. The third-order valence-corrected chi connectivity index (χ3v) is 4.11. The standard InChI is InChI=1S/C15H9BrClFO3/c16-10-7-13-12(20-4-5-21-13)6-9(10)15(19)8-2-1-3-11(18)14(8)17/h1-3,6-7H,4-5H2. The summed E-state index contributed by atoms with van der Waals surface area (Å²) in [5, 5.41) is -0.190. The molecule has 0 fully saturated rings. The lowest BCUT2D eigenvalue weighted by molar-refractivity contribution is 0.103. The zero-order valence-corrected chi connectivity index (χ0v) is 13.0. The molecule has 1 aliphatic heterocycles. The number of ether oxygens (including phenoxy) is 2. The number of benzene rings is 2. The van der Waals surface area contributed by atoms with Gasteiger partial charge < -0.3 is 9.47 Å². The van der Waals surface area contributed by atoms with Crippen molar-refractivity contribution in [1.29, 1.82) is 0 Å². The molecule has 0 amide bonds. The van der Waals surface area contributed by atoms with Crippen LogP contribution in [0.25, 0.3) is 0 Å². The summed E-state index contributed by atoms with van der Waals surface area (Å²) in [5.41, 5.74) is 0.445. The summed E-state index contributed by atoms with van der Waals surface area (Å²) in [6.45, 7) is 0.880. The van der Waals surface area contributed by atoms with Gasteiger partial charge in [-0.2, -0.15) is 0 Å². The highest BCUT2D eigenvalue weighted by molar-refractivity contribution is 9.10. The number of rotatable bonds is 2. The molecular formula is C15H9BrClFO3. The maximum Gasteiger partial charge on any atom is 0.195 e. The number of fused-ring (bicyclic) bond motifs is 1. The van der Waals surface area contributed by atoms with Crippen LogP contribution in [0.5, 0.6) is 11.5 Å². The molecule has 21 heavy (non-hydrogen) atoms. The van der Waals surface area contributed by atoms with Crippen molar-refractivity contribution >= 4 is 33.3 Å². The molecule has 108 valence electrons. The molecule has 0 saturated carbocycles. The molecule has 0 unspecified atom stereocenters. The van der Waals surface area contributed by atoms with Crippen molar-refractivity contribution in [2.45, 2.75) is 0 Å². The van der Waals surface area contributed by atoms with Crippen molar-refractivity contribution in [3.63, 3.8) is 0 Å². The van der Waals surface area contributed by atoms with Crippen LogP contribution in [0, 0.1) is 5.82 Å². The Kier molecular flexibility index (Phi) is 3.87. The van der Waals surface area contributed by atoms with E-state index in [1.165, 1.54) is 18.2 Å². The predicted octanol–water partition coefficient (Wildman–Crippen LogP) is 4.24. The molecule has 0 N–H and O–H groups in total. The van der Waals surface area contributed by atoms with Gasteiger partial charge in [0.25, 0.3) is 0 Å². The van der Waals surface area contributed by atoms with Crippen molar-refractivity contribution in [1.82, 2.24) is 0 Å². The van der Waals surface area contributed by atoms with Crippen LogP contribution in [0.15, 0.2) is 34.8 Å². The largest absolute Gasteiger partial charge is 0.486 e. The van der Waals surface area contributed by atoms with Crippen LogP contribution in [0.3, 0.4) is 0 Å². The zero-order valence-electron chi connectivity index (χ0n) is 10.7. The molecule has 1 heterocycles. The maximum absolute atomic E-state index is 13.5. The fourth-order valence-electron chi connectivity index (χ4n) is 2.06. The third-order valence-electron chi connectivity index (χ3n) is 3.07. The highest BCUT2D eigenvalue weighted by Crippen LogP contribution is 2.37. The zero-order chi connectivity index (χ0) is 15.0. The Morgan fingerprint density at radius 1 is 1.14 bits per heavy atom. The van der Waals surface area contributed by atoms with Crippen LogP contribution in [-0.2, 0) is 0 Å². The molecule has 0 bridgehead atoms. The molecule has 0 aliphatic carbocycles. The van der Waals surface area contributed by atoms with Gasteiger partial charge in [0.05, 0.1) is 5.02 Å². The lowest BCUT2D eigenvalue weighted by Gasteiger charge is -2.19. The van der Waals surface area contributed by atoms with Gasteiger partial charge in [-0.15, -0.1) is 0 Å². The van der Waals surface area contributed by atoms with E-state index >= 15 is 0 Å². The first-order chi connectivity index (χ1) is 10.1. The van der Waals surface area contributed by atoms with E-state index < -0.39 is 5.82 Å². The van der Waals surface area contributed by atoms with Crippen molar-refractivity contribution in [3.8, 4) is 11.5 Å². The number of carbonyl (C=O) groups excluding carboxylic acids is 1. The van der Waals surface area contributed by atoms with Gasteiger partial charge in [-0.25, -0.2) is 4.39 Å². The topological polar surface area (TPSA) is 35.5 Å². The van der Waals surface area contributed by atoms with Crippen molar-refractivity contribution in [3.05, 3.63) is 56.8 Å². The van der Waals surface area contributed by atoms with E-state index in [2.05, 4.69) is 15.9 Å². The first kappa shape index (κ1) is 14.4. The van der Waals surface area contributed by atoms with Crippen LogP contribution in [0.2, 0.25) is 5.02 Å². The molecular weight excluding hydrogens is 363 g/mol. The summed E-state index contributed by atoms with van der Waals surface area (Å²) in [6.07, 6.45) is 0. The third kappa shape index (κ3) is 2.63. The van der Waals surface area contributed by atoms with Crippen LogP contribution in [0.4, 0.5) is 4.39 Å². The Bertz CT molecular complexity index is 733. The van der Waals surface area contributed by atoms with Crippen LogP contribution in [0.1, 0.15) is 15.9 Å². The van der Waals surface area contributed by atoms with E-state index in [1.807, 2.05) is 0 Å². The van der Waals surface area contributed by atoms with Crippen LogP contribution in [-0.4, -0.2) is 19.0 Å². The Morgan fingerprint density at radius 3 is 2.52 bits per heavy atom. The fourth-order valence-corrected chi connectivity index (χ4v) is 2.78. The van der Waals surface area contributed by atoms with Gasteiger partial charge in [-0.1, -0.05) is 17.7 Å². The molecule has 0 saturated heterocycles. The number of hydrogen-bond acceptors (Lipinski definition) is 3. The first-order valence-electron chi connectivity index (χ1n) is 6.16. The summed E-state index contributed by atoms with van der Waals surface area (Å²) in [7, 11) is 0. The Hall–Kier alpha value is -1.59. The average Bonchev–Trinajstić information content (AvgIpc) is 2.48. The van der Waals surface area contributed by atoms with E-state index in [1.54, 1.807) is 12.1 Å². The maximum atomic E-state index is 13.5. The molecule has 0 aromatic heterocycles. The minimum Gasteiger partial charge on any atom is -0.486 e. The molecule has 0 spiro atoms. The summed E-state index contributed by atoms with van der Waals surface area (Å²) < 4.78 is 24.9.